The van der Waals surface area contributed by atoms with Crippen molar-refractivity contribution in [2.45, 2.75) is 20.3 Å². The van der Waals surface area contributed by atoms with Crippen molar-refractivity contribution in [3.8, 4) is 0 Å². The van der Waals surface area contributed by atoms with E-state index in [1.54, 1.807) is 19.9 Å². The van der Waals surface area contributed by atoms with Crippen molar-refractivity contribution >= 4 is 23.1 Å². The monoisotopic (exact) mass is 362 g/mol. The Kier molecular flexibility index (Phi) is 5.75. The lowest BCUT2D eigenvalue weighted by atomic mass is 9.91. The summed E-state index contributed by atoms with van der Waals surface area (Å²) in [5, 5.41) is 9.22. The molecule has 2 nitrogen and oxygen atoms in total. The molecule has 2 aromatic carbocycles. The van der Waals surface area contributed by atoms with E-state index in [1.807, 2.05) is 0 Å². The molecule has 5 heteroatoms. The highest BCUT2D eigenvalue weighted by atomic mass is 35.5. The number of rotatable bonds is 5. The van der Waals surface area contributed by atoms with Gasteiger partial charge in [-0.3, -0.25) is 0 Å². The Balaban J connectivity index is 2.49. The fraction of sp³-hybridized carbons (Fsp3) is 0.150. The van der Waals surface area contributed by atoms with E-state index in [2.05, 4.69) is 6.58 Å². The van der Waals surface area contributed by atoms with Crippen molar-refractivity contribution in [3.05, 3.63) is 87.5 Å². The van der Waals surface area contributed by atoms with Gasteiger partial charge in [0.1, 0.15) is 11.6 Å². The van der Waals surface area contributed by atoms with E-state index in [0.717, 1.165) is 0 Å². The van der Waals surface area contributed by atoms with Crippen LogP contribution < -0.4 is 0 Å². The third kappa shape index (κ3) is 3.97. The summed E-state index contributed by atoms with van der Waals surface area (Å²) in [7, 11) is 0. The molecule has 0 fully saturated rings. The Labute approximate surface area is 150 Å². The molecule has 25 heavy (non-hydrogen) atoms. The van der Waals surface area contributed by atoms with E-state index < -0.39 is 17.6 Å². The number of benzene rings is 2. The number of carboxylic acids is 1. The first-order valence-corrected chi connectivity index (χ1v) is 7.95. The topological polar surface area (TPSA) is 37.3 Å². The largest absolute Gasteiger partial charge is 0.478 e. The summed E-state index contributed by atoms with van der Waals surface area (Å²) in [6.45, 7) is 7.08. The first-order valence-electron chi connectivity index (χ1n) is 7.57. The predicted octanol–water partition coefficient (Wildman–Crippen LogP) is 5.56. The molecule has 2 aromatic rings. The minimum Gasteiger partial charge on any atom is -0.478 e. The summed E-state index contributed by atoms with van der Waals surface area (Å²) in [4.78, 5) is 11.3. The summed E-state index contributed by atoms with van der Waals surface area (Å²) in [5.41, 5.74) is 1.88. The Bertz CT molecular complexity index is 886. The first-order chi connectivity index (χ1) is 11.8. The molecule has 0 saturated heterocycles. The molecule has 130 valence electrons. The molecule has 0 unspecified atom stereocenters. The highest BCUT2D eigenvalue weighted by Gasteiger charge is 2.17. The first kappa shape index (κ1) is 18.9. The van der Waals surface area contributed by atoms with Crippen molar-refractivity contribution in [2.75, 3.05) is 0 Å². The van der Waals surface area contributed by atoms with Crippen LogP contribution in [-0.4, -0.2) is 11.1 Å². The van der Waals surface area contributed by atoms with Crippen LogP contribution in [0.15, 0.2) is 48.6 Å². The van der Waals surface area contributed by atoms with Gasteiger partial charge in [0.05, 0.1) is 10.6 Å². The van der Waals surface area contributed by atoms with E-state index in [-0.39, 0.29) is 33.7 Å². The predicted molar refractivity (Wildman–Crippen MR) is 95.8 cm³/mol. The number of carboxylic acid groups (broad SMARTS) is 1. The van der Waals surface area contributed by atoms with Gasteiger partial charge in [0.15, 0.2) is 0 Å². The molecule has 0 radical (unpaired) electrons. The molecule has 0 aliphatic heterocycles. The number of aliphatic carboxylic acids is 1. The van der Waals surface area contributed by atoms with Gasteiger partial charge in [0.25, 0.3) is 0 Å². The zero-order valence-electron chi connectivity index (χ0n) is 13.9. The van der Waals surface area contributed by atoms with Crippen LogP contribution in [0.1, 0.15) is 29.2 Å². The summed E-state index contributed by atoms with van der Waals surface area (Å²) >= 11 is 5.77. The third-order valence-electron chi connectivity index (χ3n) is 3.98. The van der Waals surface area contributed by atoms with Crippen LogP contribution >= 0.6 is 11.6 Å². The Hall–Kier alpha value is -2.46. The number of hydrogen-bond donors (Lipinski definition) is 1. The molecule has 0 saturated carbocycles. The van der Waals surface area contributed by atoms with Crippen LogP contribution in [0, 0.1) is 18.6 Å². The molecule has 0 amide bonds. The molecule has 2 rings (SSSR count). The second-order valence-electron chi connectivity index (χ2n) is 5.63. The Morgan fingerprint density at radius 1 is 1.28 bits per heavy atom. The average Bonchev–Trinajstić information content (AvgIpc) is 2.54. The van der Waals surface area contributed by atoms with Crippen LogP contribution in [0.5, 0.6) is 0 Å². The second kappa shape index (κ2) is 7.62. The average molecular weight is 363 g/mol. The Morgan fingerprint density at radius 3 is 2.56 bits per heavy atom. The highest BCUT2D eigenvalue weighted by Crippen LogP contribution is 2.29. The lowest BCUT2D eigenvalue weighted by Crippen LogP contribution is -2.05. The molecule has 0 aliphatic rings. The van der Waals surface area contributed by atoms with E-state index >= 15 is 0 Å². The molecule has 0 spiro atoms. The number of hydrogen-bond acceptors (Lipinski definition) is 1. The summed E-state index contributed by atoms with van der Waals surface area (Å²) < 4.78 is 28.4. The van der Waals surface area contributed by atoms with Crippen molar-refractivity contribution in [1.82, 2.24) is 0 Å². The minimum atomic E-state index is -1.11. The maximum atomic E-state index is 14.3. The number of carbonyl (C=O) groups is 1. The lowest BCUT2D eigenvalue weighted by molar-refractivity contribution is -0.132. The van der Waals surface area contributed by atoms with Gasteiger partial charge in [-0.2, -0.15) is 0 Å². The smallest absolute Gasteiger partial charge is 0.335 e. The molecule has 0 bridgehead atoms. The quantitative estimate of drug-likeness (QED) is 0.558. The molecule has 0 heterocycles. The van der Waals surface area contributed by atoms with Gasteiger partial charge in [0, 0.05) is 6.42 Å². The van der Waals surface area contributed by atoms with Crippen molar-refractivity contribution in [2.24, 2.45) is 0 Å². The third-order valence-corrected chi connectivity index (χ3v) is 4.27. The minimum absolute atomic E-state index is 0.00295. The zero-order chi connectivity index (χ0) is 18.7. The summed E-state index contributed by atoms with van der Waals surface area (Å²) in [6.07, 6.45) is 1.43. The van der Waals surface area contributed by atoms with Crippen molar-refractivity contribution in [1.29, 1.82) is 0 Å². The molecule has 1 N–H and O–H groups in total. The van der Waals surface area contributed by atoms with Gasteiger partial charge in [-0.25, -0.2) is 13.6 Å². The summed E-state index contributed by atoms with van der Waals surface area (Å²) in [5.74, 6) is -2.20. The Morgan fingerprint density at radius 2 is 1.96 bits per heavy atom. The van der Waals surface area contributed by atoms with Gasteiger partial charge in [0.2, 0.25) is 0 Å². The fourth-order valence-corrected chi connectivity index (χ4v) is 2.83. The molecule has 0 atom stereocenters. The van der Waals surface area contributed by atoms with Gasteiger partial charge in [-0.1, -0.05) is 36.4 Å². The summed E-state index contributed by atoms with van der Waals surface area (Å²) in [6, 6.07) is 7.36. The van der Waals surface area contributed by atoms with Crippen LogP contribution in [0.3, 0.4) is 0 Å². The maximum Gasteiger partial charge on any atom is 0.335 e. The van der Waals surface area contributed by atoms with Crippen LogP contribution in [-0.2, 0) is 11.2 Å². The lowest BCUT2D eigenvalue weighted by Gasteiger charge is -2.14. The van der Waals surface area contributed by atoms with Gasteiger partial charge >= 0.3 is 5.97 Å². The second-order valence-corrected chi connectivity index (χ2v) is 6.04. The van der Waals surface area contributed by atoms with Crippen molar-refractivity contribution < 1.29 is 18.7 Å². The normalized spacial score (nSPS) is 11.5. The zero-order valence-corrected chi connectivity index (χ0v) is 14.6. The number of halogens is 3. The standard InChI is InChI=1S/C20H17ClF2O2/c1-4-15(20(24)25)12(3)16-10-14(18(22)8-11(16)2)9-13-6-5-7-17(21)19(13)23/h4-8,10H,3,9H2,1-2H3,(H,24,25)/b15-4+. The molecular formula is C20H17ClF2O2. The number of allylic oxidation sites excluding steroid dienone is 1. The van der Waals surface area contributed by atoms with Gasteiger partial charge in [-0.05, 0) is 59.9 Å². The molecule has 0 aliphatic carbocycles. The van der Waals surface area contributed by atoms with E-state index in [9.17, 15) is 18.7 Å². The number of aryl methyl sites for hydroxylation is 1. The van der Waals surface area contributed by atoms with Gasteiger partial charge < -0.3 is 5.11 Å². The SMILES string of the molecule is C=C(/C(=C\C)C(=O)O)c1cc(Cc2cccc(Cl)c2F)c(F)cc1C. The van der Waals surface area contributed by atoms with Crippen molar-refractivity contribution in [3.63, 3.8) is 0 Å². The van der Waals surface area contributed by atoms with E-state index in [4.69, 9.17) is 11.6 Å². The molecular weight excluding hydrogens is 346 g/mol. The fourth-order valence-electron chi connectivity index (χ4n) is 2.64. The van der Waals surface area contributed by atoms with Crippen LogP contribution in [0.4, 0.5) is 8.78 Å². The van der Waals surface area contributed by atoms with E-state index in [1.165, 1.54) is 30.3 Å². The van der Waals surface area contributed by atoms with Crippen LogP contribution in [0.2, 0.25) is 5.02 Å². The van der Waals surface area contributed by atoms with Gasteiger partial charge in [-0.15, -0.1) is 0 Å². The van der Waals surface area contributed by atoms with Crippen LogP contribution in [0.25, 0.3) is 5.57 Å². The van der Waals surface area contributed by atoms with E-state index in [0.29, 0.717) is 11.1 Å². The highest BCUT2D eigenvalue weighted by molar-refractivity contribution is 6.30. The molecule has 0 aromatic heterocycles. The maximum absolute atomic E-state index is 14.3.